The first-order valence-corrected chi connectivity index (χ1v) is 7.36. The third kappa shape index (κ3) is 4.62. The van der Waals surface area contributed by atoms with E-state index in [0.29, 0.717) is 12.6 Å². The Morgan fingerprint density at radius 1 is 1.32 bits per heavy atom. The van der Waals surface area contributed by atoms with E-state index in [1.165, 1.54) is 18.4 Å². The summed E-state index contributed by atoms with van der Waals surface area (Å²) in [7, 11) is 0. The Kier molecular flexibility index (Phi) is 6.52. The molecule has 0 radical (unpaired) electrons. The minimum Gasteiger partial charge on any atom is -0.394 e. The molecule has 0 aliphatic carbocycles. The van der Waals surface area contributed by atoms with Crippen LogP contribution in [0.5, 0.6) is 0 Å². The normalized spacial score (nSPS) is 14.6. The molecule has 0 saturated carbocycles. The van der Waals surface area contributed by atoms with E-state index in [1.807, 2.05) is 11.6 Å². The van der Waals surface area contributed by atoms with Crippen LogP contribution >= 0.6 is 0 Å². The van der Waals surface area contributed by atoms with Crippen LogP contribution in [0.4, 0.5) is 0 Å². The lowest BCUT2D eigenvalue weighted by Crippen LogP contribution is -2.27. The molecule has 0 aromatic carbocycles. The number of aromatic nitrogens is 2. The molecule has 2 atom stereocenters. The molecule has 4 nitrogen and oxygen atoms in total. The minimum atomic E-state index is 0.138. The van der Waals surface area contributed by atoms with E-state index in [2.05, 4.69) is 38.1 Å². The van der Waals surface area contributed by atoms with Crippen LogP contribution in [0.25, 0.3) is 0 Å². The van der Waals surface area contributed by atoms with Gasteiger partial charge in [0.1, 0.15) is 0 Å². The van der Waals surface area contributed by atoms with Crippen LogP contribution in [-0.4, -0.2) is 27.5 Å². The van der Waals surface area contributed by atoms with Gasteiger partial charge in [0, 0.05) is 23.8 Å². The van der Waals surface area contributed by atoms with Gasteiger partial charge in [-0.25, -0.2) is 0 Å². The van der Waals surface area contributed by atoms with E-state index in [9.17, 15) is 0 Å². The number of aliphatic hydroxyl groups excluding tert-OH is 1. The van der Waals surface area contributed by atoms with Crippen LogP contribution in [0.2, 0.25) is 0 Å². The Hall–Kier alpha value is -0.870. The molecule has 0 saturated heterocycles. The number of aryl methyl sites for hydroxylation is 1. The lowest BCUT2D eigenvalue weighted by Gasteiger charge is -2.17. The second kappa shape index (κ2) is 7.65. The van der Waals surface area contributed by atoms with Gasteiger partial charge in [-0.05, 0) is 33.1 Å². The lowest BCUT2D eigenvalue weighted by molar-refractivity contribution is 0.267. The van der Waals surface area contributed by atoms with Crippen molar-refractivity contribution in [3.8, 4) is 0 Å². The topological polar surface area (TPSA) is 50.1 Å². The van der Waals surface area contributed by atoms with E-state index in [-0.39, 0.29) is 6.61 Å². The van der Waals surface area contributed by atoms with Crippen molar-refractivity contribution in [1.29, 1.82) is 0 Å². The van der Waals surface area contributed by atoms with Gasteiger partial charge in [-0.2, -0.15) is 5.10 Å². The molecule has 2 N–H and O–H groups in total. The summed E-state index contributed by atoms with van der Waals surface area (Å²) in [4.78, 5) is 0. The fourth-order valence-electron chi connectivity index (χ4n) is 2.43. The maximum absolute atomic E-state index is 9.01. The summed E-state index contributed by atoms with van der Waals surface area (Å²) in [5.74, 6) is 0.766. The van der Waals surface area contributed by atoms with Gasteiger partial charge in [0.2, 0.25) is 0 Å². The van der Waals surface area contributed by atoms with Crippen LogP contribution in [0.15, 0.2) is 0 Å². The Bertz CT molecular complexity index is 387. The highest BCUT2D eigenvalue weighted by Crippen LogP contribution is 2.14. The first kappa shape index (κ1) is 16.2. The zero-order valence-electron chi connectivity index (χ0n) is 13.0. The van der Waals surface area contributed by atoms with Crippen LogP contribution in [0.3, 0.4) is 0 Å². The summed E-state index contributed by atoms with van der Waals surface area (Å²) >= 11 is 0. The monoisotopic (exact) mass is 267 g/mol. The largest absolute Gasteiger partial charge is 0.394 e. The number of rotatable bonds is 8. The SMILES string of the molecule is CCC(C)CC(C)NCc1c(C)nn(CCO)c1C. The quantitative estimate of drug-likeness (QED) is 0.760. The molecule has 4 heteroatoms. The minimum absolute atomic E-state index is 0.138. The van der Waals surface area contributed by atoms with Gasteiger partial charge in [-0.1, -0.05) is 20.3 Å². The van der Waals surface area contributed by atoms with Crippen molar-refractivity contribution in [3.63, 3.8) is 0 Å². The summed E-state index contributed by atoms with van der Waals surface area (Å²) < 4.78 is 1.89. The first-order chi connectivity index (χ1) is 8.99. The molecule has 110 valence electrons. The Morgan fingerprint density at radius 3 is 2.58 bits per heavy atom. The van der Waals surface area contributed by atoms with Crippen molar-refractivity contribution in [2.24, 2.45) is 5.92 Å². The maximum Gasteiger partial charge on any atom is 0.0644 e. The van der Waals surface area contributed by atoms with Crippen molar-refractivity contribution in [3.05, 3.63) is 17.0 Å². The van der Waals surface area contributed by atoms with Crippen LogP contribution < -0.4 is 5.32 Å². The van der Waals surface area contributed by atoms with E-state index < -0.39 is 0 Å². The molecule has 0 spiro atoms. The Labute approximate surface area is 117 Å². The Balaban J connectivity index is 2.57. The average molecular weight is 267 g/mol. The maximum atomic E-state index is 9.01. The van der Waals surface area contributed by atoms with E-state index in [4.69, 9.17) is 5.11 Å². The summed E-state index contributed by atoms with van der Waals surface area (Å²) in [6, 6.07) is 0.523. The molecule has 0 bridgehead atoms. The fourth-order valence-corrected chi connectivity index (χ4v) is 2.43. The van der Waals surface area contributed by atoms with Gasteiger partial charge in [-0.3, -0.25) is 4.68 Å². The number of hydrogen-bond acceptors (Lipinski definition) is 3. The third-order valence-electron chi connectivity index (χ3n) is 3.92. The van der Waals surface area contributed by atoms with Gasteiger partial charge >= 0.3 is 0 Å². The molecule has 0 aliphatic heterocycles. The zero-order valence-corrected chi connectivity index (χ0v) is 13.0. The van der Waals surface area contributed by atoms with Crippen LogP contribution in [-0.2, 0) is 13.1 Å². The van der Waals surface area contributed by atoms with Crippen molar-refractivity contribution < 1.29 is 5.11 Å². The Morgan fingerprint density at radius 2 is 2.00 bits per heavy atom. The number of nitrogens with zero attached hydrogens (tertiary/aromatic N) is 2. The van der Waals surface area contributed by atoms with E-state index in [1.54, 1.807) is 0 Å². The summed E-state index contributed by atoms with van der Waals surface area (Å²) in [5, 5.41) is 17.1. The predicted octanol–water partition coefficient (Wildman–Crippen LogP) is 2.41. The van der Waals surface area contributed by atoms with Crippen molar-refractivity contribution in [2.75, 3.05) is 6.61 Å². The molecule has 1 rings (SSSR count). The highest BCUT2D eigenvalue weighted by atomic mass is 16.3. The van der Waals surface area contributed by atoms with Crippen LogP contribution in [0, 0.1) is 19.8 Å². The second-order valence-electron chi connectivity index (χ2n) is 5.63. The lowest BCUT2D eigenvalue weighted by atomic mass is 10.0. The third-order valence-corrected chi connectivity index (χ3v) is 3.92. The fraction of sp³-hybridized carbons (Fsp3) is 0.800. The molecular weight excluding hydrogens is 238 g/mol. The van der Waals surface area contributed by atoms with Gasteiger partial charge in [0.05, 0.1) is 18.8 Å². The smallest absolute Gasteiger partial charge is 0.0644 e. The van der Waals surface area contributed by atoms with Crippen molar-refractivity contribution in [2.45, 2.75) is 66.6 Å². The summed E-state index contributed by atoms with van der Waals surface area (Å²) in [5.41, 5.74) is 3.49. The summed E-state index contributed by atoms with van der Waals surface area (Å²) in [6.07, 6.45) is 2.44. The molecule has 0 fully saturated rings. The van der Waals surface area contributed by atoms with E-state index in [0.717, 1.165) is 23.9 Å². The molecule has 1 aromatic rings. The average Bonchev–Trinajstić information content (AvgIpc) is 2.63. The highest BCUT2D eigenvalue weighted by molar-refractivity contribution is 5.24. The molecule has 19 heavy (non-hydrogen) atoms. The van der Waals surface area contributed by atoms with Gasteiger partial charge < -0.3 is 10.4 Å². The van der Waals surface area contributed by atoms with E-state index >= 15 is 0 Å². The molecule has 0 aliphatic rings. The van der Waals surface area contributed by atoms with Crippen molar-refractivity contribution >= 4 is 0 Å². The van der Waals surface area contributed by atoms with Crippen LogP contribution in [0.1, 0.15) is 50.6 Å². The van der Waals surface area contributed by atoms with Gasteiger partial charge in [-0.15, -0.1) is 0 Å². The number of aliphatic hydroxyl groups is 1. The first-order valence-electron chi connectivity index (χ1n) is 7.36. The van der Waals surface area contributed by atoms with Crippen molar-refractivity contribution in [1.82, 2.24) is 15.1 Å². The standard InChI is InChI=1S/C15H29N3O/c1-6-11(2)9-12(3)16-10-15-13(4)17-18(7-8-19)14(15)5/h11-12,16,19H,6-10H2,1-5H3. The zero-order chi connectivity index (χ0) is 14.4. The highest BCUT2D eigenvalue weighted by Gasteiger charge is 2.13. The van der Waals surface area contributed by atoms with Gasteiger partial charge in [0.25, 0.3) is 0 Å². The number of hydrogen-bond donors (Lipinski definition) is 2. The molecule has 2 unspecified atom stereocenters. The molecule has 0 amide bonds. The summed E-state index contributed by atoms with van der Waals surface area (Å²) in [6.45, 7) is 12.5. The van der Waals surface area contributed by atoms with Gasteiger partial charge in [0.15, 0.2) is 0 Å². The predicted molar refractivity (Wildman–Crippen MR) is 79.2 cm³/mol. The number of nitrogens with one attached hydrogen (secondary N) is 1. The molecular formula is C15H29N3O. The molecule has 1 aromatic heterocycles. The second-order valence-corrected chi connectivity index (χ2v) is 5.63. The molecule has 1 heterocycles.